The number of urea groups is 1. The molecule has 0 atom stereocenters. The topological polar surface area (TPSA) is 105 Å². The van der Waals surface area contributed by atoms with Gasteiger partial charge in [0.25, 0.3) is 5.91 Å². The van der Waals surface area contributed by atoms with Crippen molar-refractivity contribution >= 4 is 39.9 Å². The van der Waals surface area contributed by atoms with E-state index < -0.39 is 30.3 Å². The molecule has 0 spiro atoms. The summed E-state index contributed by atoms with van der Waals surface area (Å²) in [6.07, 6.45) is 1.46. The number of amides is 3. The average Bonchev–Trinajstić information content (AvgIpc) is 2.95. The van der Waals surface area contributed by atoms with Crippen molar-refractivity contribution in [3.8, 4) is 11.5 Å². The highest BCUT2D eigenvalue weighted by atomic mass is 79.9. The largest absolute Gasteiger partial charge is 0.493 e. The third kappa shape index (κ3) is 4.77. The molecule has 0 saturated carbocycles. The maximum absolute atomic E-state index is 13.0. The molecule has 0 unspecified atom stereocenters. The molecule has 3 amide bonds. The predicted molar refractivity (Wildman–Crippen MR) is 107 cm³/mol. The molecular formula is C20H16BrFN2O6. The standard InChI is InChI=1S/C20H16BrFN2O6/c1-29-16-8-12(6-14(21)18(16)30-10-17(25)26)7-15-19(27)24(20(28)23-15)9-11-2-4-13(22)5-3-11/h2-8H,9-10H2,1H3,(H,23,28)(H,25,26)/b15-7+. The lowest BCUT2D eigenvalue weighted by atomic mass is 10.1. The van der Waals surface area contributed by atoms with Crippen molar-refractivity contribution in [1.29, 1.82) is 0 Å². The molecule has 0 aliphatic carbocycles. The second-order valence-corrected chi connectivity index (χ2v) is 7.08. The van der Waals surface area contributed by atoms with Crippen LogP contribution >= 0.6 is 15.9 Å². The summed E-state index contributed by atoms with van der Waals surface area (Å²) in [5.41, 5.74) is 1.16. The van der Waals surface area contributed by atoms with Crippen LogP contribution in [0.1, 0.15) is 11.1 Å². The van der Waals surface area contributed by atoms with Crippen molar-refractivity contribution in [2.75, 3.05) is 13.7 Å². The second kappa shape index (κ2) is 8.95. The van der Waals surface area contributed by atoms with Crippen LogP contribution in [0.2, 0.25) is 0 Å². The van der Waals surface area contributed by atoms with Gasteiger partial charge in [0.15, 0.2) is 18.1 Å². The number of benzene rings is 2. The maximum atomic E-state index is 13.0. The van der Waals surface area contributed by atoms with Gasteiger partial charge in [0.05, 0.1) is 18.1 Å². The lowest BCUT2D eigenvalue weighted by Crippen LogP contribution is -2.30. The minimum Gasteiger partial charge on any atom is -0.493 e. The SMILES string of the molecule is COc1cc(/C=C2/NC(=O)N(Cc3ccc(F)cc3)C2=O)cc(Br)c1OCC(=O)O. The number of methoxy groups -OCH3 is 1. The molecule has 1 aliphatic heterocycles. The number of imide groups is 1. The Morgan fingerprint density at radius 1 is 1.27 bits per heavy atom. The van der Waals surface area contributed by atoms with E-state index in [1.807, 2.05) is 0 Å². The van der Waals surface area contributed by atoms with Crippen LogP contribution in [-0.2, 0) is 16.1 Å². The van der Waals surface area contributed by atoms with E-state index in [4.69, 9.17) is 14.6 Å². The predicted octanol–water partition coefficient (Wildman–Crippen LogP) is 3.15. The van der Waals surface area contributed by atoms with Crippen LogP contribution in [0.5, 0.6) is 11.5 Å². The fraction of sp³-hybridized carbons (Fsp3) is 0.150. The smallest absolute Gasteiger partial charge is 0.341 e. The van der Waals surface area contributed by atoms with Gasteiger partial charge in [0.1, 0.15) is 11.5 Å². The summed E-state index contributed by atoms with van der Waals surface area (Å²) >= 11 is 3.29. The zero-order chi connectivity index (χ0) is 21.8. The van der Waals surface area contributed by atoms with Gasteiger partial charge in [-0.3, -0.25) is 9.69 Å². The molecule has 8 nitrogen and oxygen atoms in total. The molecule has 2 aromatic carbocycles. The van der Waals surface area contributed by atoms with Gasteiger partial charge in [-0.1, -0.05) is 12.1 Å². The van der Waals surface area contributed by atoms with Crippen molar-refractivity contribution < 1.29 is 33.4 Å². The third-order valence-electron chi connectivity index (χ3n) is 4.12. The van der Waals surface area contributed by atoms with Crippen LogP contribution in [0.25, 0.3) is 6.08 Å². The molecule has 1 fully saturated rings. The Kier molecular flexibility index (Phi) is 6.36. The van der Waals surface area contributed by atoms with E-state index in [1.54, 1.807) is 6.07 Å². The lowest BCUT2D eigenvalue weighted by molar-refractivity contribution is -0.139. The van der Waals surface area contributed by atoms with E-state index in [0.717, 1.165) is 4.90 Å². The number of carboxylic acid groups (broad SMARTS) is 1. The number of rotatable bonds is 7. The highest BCUT2D eigenvalue weighted by molar-refractivity contribution is 9.10. The van der Waals surface area contributed by atoms with Crippen LogP contribution in [0.4, 0.5) is 9.18 Å². The Labute approximate surface area is 179 Å². The quantitative estimate of drug-likeness (QED) is 0.467. The number of nitrogens with one attached hydrogen (secondary N) is 1. The molecule has 0 bridgehead atoms. The van der Waals surface area contributed by atoms with Crippen LogP contribution < -0.4 is 14.8 Å². The molecule has 3 rings (SSSR count). The Balaban J connectivity index is 1.83. The fourth-order valence-corrected chi connectivity index (χ4v) is 3.33. The number of hydrogen-bond acceptors (Lipinski definition) is 5. The van der Waals surface area contributed by atoms with Gasteiger partial charge in [-0.2, -0.15) is 0 Å². The molecule has 30 heavy (non-hydrogen) atoms. The highest BCUT2D eigenvalue weighted by Gasteiger charge is 2.33. The van der Waals surface area contributed by atoms with Crippen molar-refractivity contribution in [3.63, 3.8) is 0 Å². The zero-order valence-corrected chi connectivity index (χ0v) is 17.2. The third-order valence-corrected chi connectivity index (χ3v) is 4.71. The zero-order valence-electron chi connectivity index (χ0n) is 15.6. The monoisotopic (exact) mass is 478 g/mol. The average molecular weight is 479 g/mol. The Hall–Kier alpha value is -3.40. The molecule has 156 valence electrons. The van der Waals surface area contributed by atoms with Crippen molar-refractivity contribution in [3.05, 3.63) is 63.5 Å². The number of halogens is 2. The van der Waals surface area contributed by atoms with E-state index in [-0.39, 0.29) is 23.7 Å². The molecule has 0 radical (unpaired) electrons. The molecule has 0 aromatic heterocycles. The Morgan fingerprint density at radius 2 is 1.97 bits per heavy atom. The second-order valence-electron chi connectivity index (χ2n) is 6.22. The number of carbonyl (C=O) groups excluding carboxylic acids is 2. The highest BCUT2D eigenvalue weighted by Crippen LogP contribution is 2.37. The molecule has 1 heterocycles. The van der Waals surface area contributed by atoms with Crippen molar-refractivity contribution in [1.82, 2.24) is 10.2 Å². The first kappa shape index (κ1) is 21.3. The number of nitrogens with zero attached hydrogens (tertiary/aromatic N) is 1. The van der Waals surface area contributed by atoms with E-state index >= 15 is 0 Å². The number of carbonyl (C=O) groups is 3. The summed E-state index contributed by atoms with van der Waals surface area (Å²) in [7, 11) is 1.39. The van der Waals surface area contributed by atoms with Gasteiger partial charge in [0.2, 0.25) is 0 Å². The fourth-order valence-electron chi connectivity index (χ4n) is 2.75. The van der Waals surface area contributed by atoms with Gasteiger partial charge >= 0.3 is 12.0 Å². The summed E-state index contributed by atoms with van der Waals surface area (Å²) < 4.78 is 23.9. The van der Waals surface area contributed by atoms with E-state index in [9.17, 15) is 18.8 Å². The van der Waals surface area contributed by atoms with Crippen molar-refractivity contribution in [2.24, 2.45) is 0 Å². The van der Waals surface area contributed by atoms with Crippen LogP contribution in [-0.4, -0.2) is 41.6 Å². The van der Waals surface area contributed by atoms with Gasteiger partial charge in [-0.05, 0) is 57.4 Å². The number of aliphatic carboxylic acids is 1. The summed E-state index contributed by atoms with van der Waals surface area (Å²) in [5.74, 6) is -1.65. The number of ether oxygens (including phenoxy) is 2. The minimum atomic E-state index is -1.14. The normalized spacial score (nSPS) is 14.8. The Morgan fingerprint density at radius 3 is 2.60 bits per heavy atom. The molecule has 1 saturated heterocycles. The molecule has 2 aromatic rings. The van der Waals surface area contributed by atoms with Crippen LogP contribution in [0, 0.1) is 5.82 Å². The van der Waals surface area contributed by atoms with E-state index in [2.05, 4.69) is 21.2 Å². The first-order valence-corrected chi connectivity index (χ1v) is 9.39. The van der Waals surface area contributed by atoms with Gasteiger partial charge in [0, 0.05) is 0 Å². The van der Waals surface area contributed by atoms with Gasteiger partial charge < -0.3 is 19.9 Å². The number of hydrogen-bond donors (Lipinski definition) is 2. The summed E-state index contributed by atoms with van der Waals surface area (Å²) in [6, 6.07) is 8.03. The lowest BCUT2D eigenvalue weighted by Gasteiger charge is -2.12. The van der Waals surface area contributed by atoms with E-state index in [1.165, 1.54) is 43.5 Å². The minimum absolute atomic E-state index is 0.00271. The summed E-state index contributed by atoms with van der Waals surface area (Å²) in [4.78, 5) is 36.6. The summed E-state index contributed by atoms with van der Waals surface area (Å²) in [5, 5.41) is 11.3. The van der Waals surface area contributed by atoms with Crippen LogP contribution in [0.15, 0.2) is 46.6 Å². The van der Waals surface area contributed by atoms with Gasteiger partial charge in [-0.15, -0.1) is 0 Å². The van der Waals surface area contributed by atoms with Crippen LogP contribution in [0.3, 0.4) is 0 Å². The maximum Gasteiger partial charge on any atom is 0.341 e. The number of carboxylic acids is 1. The molecular weight excluding hydrogens is 463 g/mol. The molecule has 1 aliphatic rings. The first-order chi connectivity index (χ1) is 14.3. The molecule has 2 N–H and O–H groups in total. The first-order valence-electron chi connectivity index (χ1n) is 8.59. The summed E-state index contributed by atoms with van der Waals surface area (Å²) in [6.45, 7) is -0.556. The van der Waals surface area contributed by atoms with Crippen molar-refractivity contribution in [2.45, 2.75) is 6.54 Å². The molecule has 10 heteroatoms. The Bertz CT molecular complexity index is 1040. The van der Waals surface area contributed by atoms with E-state index in [0.29, 0.717) is 15.6 Å². The van der Waals surface area contributed by atoms with Gasteiger partial charge in [-0.25, -0.2) is 14.0 Å².